The van der Waals surface area contributed by atoms with Crippen LogP contribution in [-0.4, -0.2) is 40.1 Å². The van der Waals surface area contributed by atoms with E-state index in [2.05, 4.69) is 5.32 Å². The van der Waals surface area contributed by atoms with Crippen molar-refractivity contribution in [3.63, 3.8) is 0 Å². The lowest BCUT2D eigenvalue weighted by molar-refractivity contribution is -0.116. The van der Waals surface area contributed by atoms with Gasteiger partial charge in [0.2, 0.25) is 15.9 Å². The summed E-state index contributed by atoms with van der Waals surface area (Å²) in [5.74, 6) is -0.579. The monoisotopic (exact) mass is 643 g/mol. The average molecular weight is 645 g/mol. The predicted octanol–water partition coefficient (Wildman–Crippen LogP) is 5.88. The molecule has 4 aromatic rings. The van der Waals surface area contributed by atoms with Gasteiger partial charge in [-0.25, -0.2) is 16.8 Å². The molecule has 0 fully saturated rings. The molecule has 1 aliphatic heterocycles. The summed E-state index contributed by atoms with van der Waals surface area (Å²) < 4.78 is 56.3. The summed E-state index contributed by atoms with van der Waals surface area (Å²) in [5.41, 5.74) is 3.35. The van der Waals surface area contributed by atoms with Gasteiger partial charge in [0, 0.05) is 28.8 Å². The zero-order valence-corrected chi connectivity index (χ0v) is 25.6. The number of rotatable bonds is 9. The number of aryl methyl sites for hydroxylation is 1. The summed E-state index contributed by atoms with van der Waals surface area (Å²) >= 11 is 11.9. The number of nitrogens with zero attached hydrogens (tertiary/aromatic N) is 2. The highest BCUT2D eigenvalue weighted by molar-refractivity contribution is 7.92. The van der Waals surface area contributed by atoms with Crippen LogP contribution in [0.25, 0.3) is 0 Å². The van der Waals surface area contributed by atoms with Gasteiger partial charge in [0.05, 0.1) is 22.0 Å². The van der Waals surface area contributed by atoms with Crippen LogP contribution in [0.15, 0.2) is 101 Å². The second kappa shape index (κ2) is 12.1. The number of carbonyl (C=O) groups excluding carboxylic acids is 1. The van der Waals surface area contributed by atoms with Crippen LogP contribution < -0.4 is 9.62 Å². The topological polar surface area (TPSA) is 104 Å². The molecule has 0 spiro atoms. The molecule has 1 N–H and O–H groups in total. The zero-order valence-electron chi connectivity index (χ0n) is 22.5. The Balaban J connectivity index is 1.39. The van der Waals surface area contributed by atoms with Crippen LogP contribution in [0.1, 0.15) is 16.7 Å². The van der Waals surface area contributed by atoms with Gasteiger partial charge in [-0.15, -0.1) is 0 Å². The van der Waals surface area contributed by atoms with Crippen molar-refractivity contribution in [2.45, 2.75) is 29.7 Å². The molecule has 0 atom stereocenters. The fraction of sp³-hybridized carbons (Fsp3) is 0.167. The van der Waals surface area contributed by atoms with Crippen molar-refractivity contribution >= 4 is 60.5 Å². The Kier molecular flexibility index (Phi) is 8.63. The van der Waals surface area contributed by atoms with Gasteiger partial charge in [-0.05, 0) is 85.1 Å². The van der Waals surface area contributed by atoms with Gasteiger partial charge in [0.1, 0.15) is 0 Å². The standard InChI is InChI=1S/C30H27Cl2N3O5S2/c1-21-2-4-22(5-3-21)19-34(41(37,38)27-12-7-24(31)8-13-27)20-30(36)33-26-11-6-23-16-17-35(29(23)18-26)42(39,40)28-14-9-25(32)10-15-28/h2-15,18H,16-17,19-20H2,1H3,(H,33,36). The molecule has 0 aromatic heterocycles. The van der Waals surface area contributed by atoms with Crippen LogP contribution in [0, 0.1) is 6.92 Å². The van der Waals surface area contributed by atoms with Crippen molar-refractivity contribution in [3.05, 3.63) is 118 Å². The number of halogens is 2. The molecule has 8 nitrogen and oxygen atoms in total. The van der Waals surface area contributed by atoms with Crippen molar-refractivity contribution in [1.82, 2.24) is 4.31 Å². The number of anilines is 2. The molecule has 0 unspecified atom stereocenters. The Hall–Kier alpha value is -3.41. The van der Waals surface area contributed by atoms with Crippen LogP contribution in [-0.2, 0) is 37.8 Å². The molecule has 1 amide bonds. The van der Waals surface area contributed by atoms with Crippen LogP contribution in [0.4, 0.5) is 11.4 Å². The Labute approximate surface area is 255 Å². The number of nitrogens with one attached hydrogen (secondary N) is 1. The molecule has 1 heterocycles. The minimum absolute atomic E-state index is 0.00684. The summed E-state index contributed by atoms with van der Waals surface area (Å²) in [6, 6.07) is 24.1. The summed E-state index contributed by atoms with van der Waals surface area (Å²) in [7, 11) is -7.93. The van der Waals surface area contributed by atoms with Crippen molar-refractivity contribution in [2.24, 2.45) is 0 Å². The first-order valence-electron chi connectivity index (χ1n) is 13.0. The molecule has 0 radical (unpaired) electrons. The largest absolute Gasteiger partial charge is 0.325 e. The molecule has 12 heteroatoms. The summed E-state index contributed by atoms with van der Waals surface area (Å²) in [4.78, 5) is 13.4. The molecule has 42 heavy (non-hydrogen) atoms. The number of amides is 1. The summed E-state index contributed by atoms with van der Waals surface area (Å²) in [5, 5.41) is 3.56. The maximum atomic E-state index is 13.6. The van der Waals surface area contributed by atoms with Crippen LogP contribution >= 0.6 is 23.2 Å². The highest BCUT2D eigenvalue weighted by atomic mass is 35.5. The SMILES string of the molecule is Cc1ccc(CN(CC(=O)Nc2ccc3c(c2)N(S(=O)(=O)c2ccc(Cl)cc2)CC3)S(=O)(=O)c2ccc(Cl)cc2)cc1. The maximum absolute atomic E-state index is 13.6. The summed E-state index contributed by atoms with van der Waals surface area (Å²) in [6.45, 7) is 1.68. The lowest BCUT2D eigenvalue weighted by atomic mass is 10.1. The molecule has 0 bridgehead atoms. The van der Waals surface area contributed by atoms with Gasteiger partial charge in [-0.1, -0.05) is 59.1 Å². The quantitative estimate of drug-likeness (QED) is 0.245. The first-order valence-corrected chi connectivity index (χ1v) is 16.6. The molecular weight excluding hydrogens is 617 g/mol. The Morgan fingerprint density at radius 1 is 0.833 bits per heavy atom. The van der Waals surface area contributed by atoms with E-state index >= 15 is 0 Å². The number of benzene rings is 4. The van der Waals surface area contributed by atoms with Crippen molar-refractivity contribution < 1.29 is 21.6 Å². The van der Waals surface area contributed by atoms with E-state index in [4.69, 9.17) is 23.2 Å². The third-order valence-corrected chi connectivity index (χ3v) is 11.0. The zero-order chi connectivity index (χ0) is 30.1. The van der Waals surface area contributed by atoms with Crippen LogP contribution in [0.3, 0.4) is 0 Å². The van der Waals surface area contributed by atoms with E-state index in [-0.39, 0.29) is 22.9 Å². The molecular formula is C30H27Cl2N3O5S2. The van der Waals surface area contributed by atoms with E-state index in [1.54, 1.807) is 18.2 Å². The van der Waals surface area contributed by atoms with Gasteiger partial charge in [0.25, 0.3) is 10.0 Å². The van der Waals surface area contributed by atoms with Crippen LogP contribution in [0.2, 0.25) is 10.0 Å². The summed E-state index contributed by atoms with van der Waals surface area (Å²) in [6.07, 6.45) is 0.514. The number of sulfonamides is 2. The Bertz CT molecular complexity index is 1830. The van der Waals surface area contributed by atoms with E-state index in [1.807, 2.05) is 31.2 Å². The molecule has 0 saturated heterocycles. The second-order valence-corrected chi connectivity index (χ2v) is 14.6. The number of fused-ring (bicyclic) bond motifs is 1. The molecule has 0 saturated carbocycles. The molecule has 4 aromatic carbocycles. The Morgan fingerprint density at radius 2 is 1.43 bits per heavy atom. The van der Waals surface area contributed by atoms with Gasteiger partial charge >= 0.3 is 0 Å². The van der Waals surface area contributed by atoms with E-state index in [1.165, 1.54) is 52.8 Å². The molecule has 5 rings (SSSR count). The minimum Gasteiger partial charge on any atom is -0.325 e. The fourth-order valence-electron chi connectivity index (χ4n) is 4.65. The van der Waals surface area contributed by atoms with Crippen molar-refractivity contribution in [3.8, 4) is 0 Å². The fourth-order valence-corrected chi connectivity index (χ4v) is 7.78. The highest BCUT2D eigenvalue weighted by Gasteiger charge is 2.32. The minimum atomic E-state index is -4.07. The maximum Gasteiger partial charge on any atom is 0.264 e. The van der Waals surface area contributed by atoms with E-state index < -0.39 is 32.5 Å². The predicted molar refractivity (Wildman–Crippen MR) is 165 cm³/mol. The molecule has 0 aliphatic carbocycles. The molecule has 1 aliphatic rings. The number of hydrogen-bond acceptors (Lipinski definition) is 5. The van der Waals surface area contributed by atoms with Gasteiger partial charge in [-0.2, -0.15) is 4.31 Å². The van der Waals surface area contributed by atoms with E-state index in [0.29, 0.717) is 33.4 Å². The lowest BCUT2D eigenvalue weighted by Crippen LogP contribution is -2.37. The number of carbonyl (C=O) groups is 1. The van der Waals surface area contributed by atoms with Gasteiger partial charge in [0.15, 0.2) is 0 Å². The Morgan fingerprint density at radius 3 is 2.05 bits per heavy atom. The van der Waals surface area contributed by atoms with E-state index in [0.717, 1.165) is 15.4 Å². The average Bonchev–Trinajstić information content (AvgIpc) is 3.38. The van der Waals surface area contributed by atoms with Crippen LogP contribution in [0.5, 0.6) is 0 Å². The normalized spacial score (nSPS) is 13.3. The van der Waals surface area contributed by atoms with Crippen molar-refractivity contribution in [1.29, 1.82) is 0 Å². The van der Waals surface area contributed by atoms with Gasteiger partial charge in [-0.3, -0.25) is 9.10 Å². The highest BCUT2D eigenvalue weighted by Crippen LogP contribution is 2.35. The van der Waals surface area contributed by atoms with Crippen molar-refractivity contribution in [2.75, 3.05) is 22.7 Å². The molecule has 218 valence electrons. The first kappa shape index (κ1) is 30.1. The third kappa shape index (κ3) is 6.48. The number of hydrogen-bond donors (Lipinski definition) is 1. The van der Waals surface area contributed by atoms with Gasteiger partial charge < -0.3 is 5.32 Å². The smallest absolute Gasteiger partial charge is 0.264 e. The lowest BCUT2D eigenvalue weighted by Gasteiger charge is -2.23. The third-order valence-electron chi connectivity index (χ3n) is 6.87. The van der Waals surface area contributed by atoms with E-state index in [9.17, 15) is 21.6 Å². The first-order chi connectivity index (χ1) is 19.9. The second-order valence-electron chi connectivity index (χ2n) is 9.89.